The number of amides is 2. The zero-order valence-electron chi connectivity index (χ0n) is 18.6. The monoisotopic (exact) mass is 510 g/mol. The molecule has 2 aliphatic rings. The first-order valence-corrected chi connectivity index (χ1v) is 11.5. The molecule has 0 spiro atoms. The van der Waals surface area contributed by atoms with Crippen molar-refractivity contribution in [3.8, 4) is 22.8 Å². The minimum absolute atomic E-state index is 0.175. The van der Waals surface area contributed by atoms with Gasteiger partial charge in [-0.15, -0.1) is 5.10 Å². The first-order chi connectivity index (χ1) is 15.8. The van der Waals surface area contributed by atoms with Crippen LogP contribution in [0.25, 0.3) is 17.1 Å². The molecule has 10 heteroatoms. The molecule has 1 saturated heterocycles. The second kappa shape index (κ2) is 7.95. The summed E-state index contributed by atoms with van der Waals surface area (Å²) in [6.45, 7) is 4.34. The van der Waals surface area contributed by atoms with E-state index in [1.165, 1.54) is 0 Å². The number of nitrogens with one attached hydrogen (secondary N) is 1. The normalized spacial score (nSPS) is 16.6. The molecule has 1 fully saturated rings. The molecule has 9 nitrogen and oxygen atoms in total. The molecule has 3 aromatic rings. The van der Waals surface area contributed by atoms with Crippen molar-refractivity contribution in [1.29, 1.82) is 0 Å². The number of aromatic nitrogens is 4. The summed E-state index contributed by atoms with van der Waals surface area (Å²) in [6, 6.07) is 7.59. The summed E-state index contributed by atoms with van der Waals surface area (Å²) in [4.78, 5) is 27.8. The second-order valence-corrected chi connectivity index (χ2v) is 9.44. The van der Waals surface area contributed by atoms with E-state index in [-0.39, 0.29) is 11.8 Å². The van der Waals surface area contributed by atoms with Crippen molar-refractivity contribution in [3.05, 3.63) is 51.8 Å². The smallest absolute Gasteiger partial charge is 0.275 e. The summed E-state index contributed by atoms with van der Waals surface area (Å²) in [5.74, 6) is 0.832. The van der Waals surface area contributed by atoms with Gasteiger partial charge in [-0.25, -0.2) is 4.68 Å². The lowest BCUT2D eigenvalue weighted by atomic mass is 9.88. The van der Waals surface area contributed by atoms with Crippen LogP contribution in [0.1, 0.15) is 35.5 Å². The number of carbonyl (C=O) groups excluding carboxylic acids is 2. The number of nitrogens with zero attached hydrogens (tertiary/aromatic N) is 5. The third kappa shape index (κ3) is 3.40. The van der Waals surface area contributed by atoms with Crippen LogP contribution in [-0.2, 0) is 17.6 Å². The van der Waals surface area contributed by atoms with Crippen LogP contribution in [0.2, 0.25) is 0 Å². The van der Waals surface area contributed by atoms with Crippen LogP contribution in [0.15, 0.2) is 34.9 Å². The number of piperazine rings is 1. The fourth-order valence-electron chi connectivity index (χ4n) is 4.53. The van der Waals surface area contributed by atoms with Gasteiger partial charge in [-0.2, -0.15) is 10.2 Å². The van der Waals surface area contributed by atoms with Crippen LogP contribution >= 0.6 is 15.9 Å². The minimum Gasteiger partial charge on any atom is -0.496 e. The van der Waals surface area contributed by atoms with E-state index in [0.29, 0.717) is 31.0 Å². The summed E-state index contributed by atoms with van der Waals surface area (Å²) >= 11 is 3.59. The third-order valence-electron chi connectivity index (χ3n) is 6.33. The van der Waals surface area contributed by atoms with Crippen molar-refractivity contribution in [2.75, 3.05) is 20.2 Å². The molecule has 5 rings (SSSR count). The second-order valence-electron chi connectivity index (χ2n) is 8.59. The molecule has 1 aromatic carbocycles. The lowest BCUT2D eigenvalue weighted by Crippen LogP contribution is -2.63. The van der Waals surface area contributed by atoms with Crippen molar-refractivity contribution in [1.82, 2.24) is 30.2 Å². The molecule has 0 radical (unpaired) electrons. The number of hydrogen-bond donors (Lipinski definition) is 1. The van der Waals surface area contributed by atoms with Gasteiger partial charge >= 0.3 is 0 Å². The van der Waals surface area contributed by atoms with Gasteiger partial charge in [0, 0.05) is 30.4 Å². The quantitative estimate of drug-likeness (QED) is 0.580. The molecule has 2 aromatic heterocycles. The number of halogens is 1. The molecule has 1 N–H and O–H groups in total. The third-order valence-corrected chi connectivity index (χ3v) is 6.95. The Morgan fingerprint density at radius 1 is 1.27 bits per heavy atom. The highest BCUT2D eigenvalue weighted by molar-refractivity contribution is 9.10. The van der Waals surface area contributed by atoms with Gasteiger partial charge in [0.1, 0.15) is 11.3 Å². The molecule has 1 aliphatic heterocycles. The van der Waals surface area contributed by atoms with E-state index >= 15 is 0 Å². The Morgan fingerprint density at radius 3 is 2.82 bits per heavy atom. The van der Waals surface area contributed by atoms with Gasteiger partial charge < -0.3 is 15.0 Å². The fourth-order valence-corrected chi connectivity index (χ4v) is 5.03. The highest BCUT2D eigenvalue weighted by Crippen LogP contribution is 2.41. The number of benzene rings is 1. The van der Waals surface area contributed by atoms with Crippen molar-refractivity contribution < 1.29 is 14.3 Å². The number of carbonyl (C=O) groups is 2. The standard InChI is InChI=1S/C23H23BrN6O3/c1-23(2)22(32)25-9-10-29(23)21(31)19-14-7-6-13-11-17(33-3)16(24)12-15(13)20(14)30(28-19)18-5-4-8-26-27-18/h4-5,8,11-12H,6-7,9-10H2,1-3H3,(H,25,32). The Bertz CT molecular complexity index is 1270. The molecule has 2 amide bonds. The van der Waals surface area contributed by atoms with Gasteiger partial charge in [-0.1, -0.05) is 0 Å². The van der Waals surface area contributed by atoms with Crippen molar-refractivity contribution in [3.63, 3.8) is 0 Å². The summed E-state index contributed by atoms with van der Waals surface area (Å²) in [5, 5.41) is 15.8. The molecule has 1 aliphatic carbocycles. The molecule has 0 saturated carbocycles. The highest BCUT2D eigenvalue weighted by Gasteiger charge is 2.43. The van der Waals surface area contributed by atoms with Gasteiger partial charge in [0.2, 0.25) is 5.91 Å². The molecule has 3 heterocycles. The van der Waals surface area contributed by atoms with Crippen molar-refractivity contribution in [2.24, 2.45) is 0 Å². The number of methoxy groups -OCH3 is 1. The van der Waals surface area contributed by atoms with E-state index in [0.717, 1.165) is 39.0 Å². The summed E-state index contributed by atoms with van der Waals surface area (Å²) in [5.41, 5.74) is 3.08. The van der Waals surface area contributed by atoms with Gasteiger partial charge in [0.15, 0.2) is 11.5 Å². The first-order valence-electron chi connectivity index (χ1n) is 10.7. The SMILES string of the molecule is COc1cc2c(cc1Br)-c1c(c(C(=O)N3CCNC(=O)C3(C)C)nn1-c1cccnn1)CC2. The zero-order chi connectivity index (χ0) is 23.3. The lowest BCUT2D eigenvalue weighted by molar-refractivity contribution is -0.133. The van der Waals surface area contributed by atoms with E-state index < -0.39 is 5.54 Å². The maximum absolute atomic E-state index is 13.8. The Morgan fingerprint density at radius 2 is 2.09 bits per heavy atom. The van der Waals surface area contributed by atoms with E-state index in [2.05, 4.69) is 31.4 Å². The number of fused-ring (bicyclic) bond motifs is 3. The van der Waals surface area contributed by atoms with Crippen LogP contribution in [0.3, 0.4) is 0 Å². The predicted octanol–water partition coefficient (Wildman–Crippen LogP) is 2.55. The Balaban J connectivity index is 1.71. The van der Waals surface area contributed by atoms with Gasteiger partial charge in [0.25, 0.3) is 5.91 Å². The van der Waals surface area contributed by atoms with Crippen LogP contribution < -0.4 is 10.1 Å². The molecular formula is C23H23BrN6O3. The van der Waals surface area contributed by atoms with Crippen LogP contribution in [0, 0.1) is 0 Å². The van der Waals surface area contributed by atoms with E-state index in [9.17, 15) is 9.59 Å². The number of aryl methyl sites for hydroxylation is 1. The minimum atomic E-state index is -0.971. The zero-order valence-corrected chi connectivity index (χ0v) is 20.1. The van der Waals surface area contributed by atoms with Gasteiger partial charge in [0.05, 0.1) is 17.3 Å². The molecule has 0 atom stereocenters. The van der Waals surface area contributed by atoms with Gasteiger partial charge in [-0.05, 0) is 72.4 Å². The predicted molar refractivity (Wildman–Crippen MR) is 124 cm³/mol. The molecule has 33 heavy (non-hydrogen) atoms. The summed E-state index contributed by atoms with van der Waals surface area (Å²) < 4.78 is 7.97. The highest BCUT2D eigenvalue weighted by atomic mass is 79.9. The number of rotatable bonds is 3. The first kappa shape index (κ1) is 21.6. The van der Waals surface area contributed by atoms with Crippen molar-refractivity contribution >= 4 is 27.7 Å². The molecular weight excluding hydrogens is 488 g/mol. The molecule has 0 unspecified atom stereocenters. The van der Waals surface area contributed by atoms with Crippen LogP contribution in [0.4, 0.5) is 0 Å². The average molecular weight is 511 g/mol. The number of ether oxygens (including phenoxy) is 1. The van der Waals surface area contributed by atoms with Gasteiger partial charge in [-0.3, -0.25) is 9.59 Å². The maximum Gasteiger partial charge on any atom is 0.275 e. The Labute approximate surface area is 199 Å². The Kier molecular flexibility index (Phi) is 5.19. The topological polar surface area (TPSA) is 102 Å². The molecule has 0 bridgehead atoms. The fraction of sp³-hybridized carbons (Fsp3) is 0.348. The summed E-state index contributed by atoms with van der Waals surface area (Å²) in [7, 11) is 1.64. The molecule has 170 valence electrons. The Hall–Kier alpha value is -3.27. The summed E-state index contributed by atoms with van der Waals surface area (Å²) in [6.07, 6.45) is 2.97. The van der Waals surface area contributed by atoms with E-state index in [4.69, 9.17) is 9.84 Å². The van der Waals surface area contributed by atoms with Crippen molar-refractivity contribution in [2.45, 2.75) is 32.2 Å². The number of hydrogen-bond acceptors (Lipinski definition) is 6. The maximum atomic E-state index is 13.8. The van der Waals surface area contributed by atoms with Crippen LogP contribution in [0.5, 0.6) is 5.75 Å². The average Bonchev–Trinajstić information content (AvgIpc) is 3.21. The largest absolute Gasteiger partial charge is 0.496 e. The van der Waals surface area contributed by atoms with E-state index in [1.807, 2.05) is 12.1 Å². The van der Waals surface area contributed by atoms with Crippen LogP contribution in [-0.4, -0.2) is 62.4 Å². The lowest BCUT2D eigenvalue weighted by Gasteiger charge is -2.40. The van der Waals surface area contributed by atoms with E-state index in [1.54, 1.807) is 48.9 Å².